The highest BCUT2D eigenvalue weighted by molar-refractivity contribution is 7.80. The summed E-state index contributed by atoms with van der Waals surface area (Å²) in [6, 6.07) is 5.41. The number of thiol groups is 1. The van der Waals surface area contributed by atoms with Crippen molar-refractivity contribution in [3.8, 4) is 0 Å². The van der Waals surface area contributed by atoms with Gasteiger partial charge in [0, 0.05) is 11.4 Å². The first-order chi connectivity index (χ1) is 7.60. The number of hydrogen-bond donors (Lipinski definition) is 3. The second kappa shape index (κ2) is 5.92. The molecule has 0 aliphatic rings. The second-order valence-electron chi connectivity index (χ2n) is 3.74. The molecule has 1 unspecified atom stereocenters. The van der Waals surface area contributed by atoms with Gasteiger partial charge in [0.1, 0.15) is 0 Å². The van der Waals surface area contributed by atoms with Crippen LogP contribution in [-0.4, -0.2) is 17.7 Å². The van der Waals surface area contributed by atoms with Crippen LogP contribution in [0.3, 0.4) is 0 Å². The maximum atomic E-state index is 11.7. The van der Waals surface area contributed by atoms with Gasteiger partial charge in [-0.05, 0) is 24.5 Å². The molecule has 1 aromatic carbocycles. The van der Waals surface area contributed by atoms with Crippen LogP contribution in [0.1, 0.15) is 18.1 Å². The van der Waals surface area contributed by atoms with Gasteiger partial charge in [-0.3, -0.25) is 4.79 Å². The third kappa shape index (κ3) is 3.00. The maximum absolute atomic E-state index is 11.7. The first-order valence-corrected chi connectivity index (χ1v) is 5.99. The van der Waals surface area contributed by atoms with Gasteiger partial charge in [0.25, 0.3) is 0 Å². The Hall–Kier alpha value is -1.000. The maximum Gasteiger partial charge on any atom is 0.242 e. The number of anilines is 1. The fraction of sp³-hybridized carbons (Fsp3) is 0.417. The molecule has 0 fully saturated rings. The predicted octanol–water partition coefficient (Wildman–Crippen LogP) is 1.75. The average Bonchev–Trinajstić information content (AvgIpc) is 2.30. The van der Waals surface area contributed by atoms with E-state index in [2.05, 4.69) is 24.9 Å². The Balaban J connectivity index is 2.92. The molecule has 0 aliphatic heterocycles. The molecule has 0 radical (unpaired) electrons. The fourth-order valence-electron chi connectivity index (χ4n) is 1.50. The van der Waals surface area contributed by atoms with Gasteiger partial charge in [0.15, 0.2) is 0 Å². The zero-order valence-corrected chi connectivity index (χ0v) is 10.6. The van der Waals surface area contributed by atoms with E-state index in [4.69, 9.17) is 5.73 Å². The molecule has 3 nitrogen and oxygen atoms in total. The van der Waals surface area contributed by atoms with Crippen molar-refractivity contribution in [1.29, 1.82) is 0 Å². The number of nitrogens with two attached hydrogens (primary N) is 1. The summed E-state index contributed by atoms with van der Waals surface area (Å²) in [5, 5.41) is 2.87. The van der Waals surface area contributed by atoms with Crippen molar-refractivity contribution in [3.05, 3.63) is 29.3 Å². The van der Waals surface area contributed by atoms with Gasteiger partial charge in [-0.25, -0.2) is 0 Å². The van der Waals surface area contributed by atoms with E-state index in [0.29, 0.717) is 5.75 Å². The standard InChI is InChI=1S/C12H18N2OS/c1-3-9-6-4-5-8(2)11(9)14-12(15)10(13)7-16/h4-6,10,16H,3,7,13H2,1-2H3,(H,14,15). The van der Waals surface area contributed by atoms with E-state index in [-0.39, 0.29) is 5.91 Å². The number of rotatable bonds is 4. The lowest BCUT2D eigenvalue weighted by molar-refractivity contribution is -0.116. The quantitative estimate of drug-likeness (QED) is 0.700. The smallest absolute Gasteiger partial charge is 0.242 e. The van der Waals surface area contributed by atoms with Crippen LogP contribution >= 0.6 is 12.6 Å². The summed E-state index contributed by atoms with van der Waals surface area (Å²) in [4.78, 5) is 11.7. The molecule has 0 aliphatic carbocycles. The lowest BCUT2D eigenvalue weighted by Gasteiger charge is -2.15. The van der Waals surface area contributed by atoms with E-state index < -0.39 is 6.04 Å². The van der Waals surface area contributed by atoms with Crippen LogP contribution in [0.25, 0.3) is 0 Å². The first kappa shape index (κ1) is 13.1. The third-order valence-electron chi connectivity index (χ3n) is 2.52. The van der Waals surface area contributed by atoms with Gasteiger partial charge < -0.3 is 11.1 Å². The van der Waals surface area contributed by atoms with E-state index in [9.17, 15) is 4.79 Å². The number of hydrogen-bond acceptors (Lipinski definition) is 3. The number of benzene rings is 1. The number of nitrogens with one attached hydrogen (secondary N) is 1. The van der Waals surface area contributed by atoms with Crippen molar-refractivity contribution in [1.82, 2.24) is 0 Å². The zero-order valence-electron chi connectivity index (χ0n) is 9.66. The minimum absolute atomic E-state index is 0.181. The van der Waals surface area contributed by atoms with Crippen molar-refractivity contribution in [2.45, 2.75) is 26.3 Å². The van der Waals surface area contributed by atoms with Crippen LogP contribution in [0.4, 0.5) is 5.69 Å². The van der Waals surface area contributed by atoms with Crippen LogP contribution < -0.4 is 11.1 Å². The summed E-state index contributed by atoms with van der Waals surface area (Å²) in [5.41, 5.74) is 8.68. The van der Waals surface area contributed by atoms with Crippen molar-refractivity contribution < 1.29 is 4.79 Å². The lowest BCUT2D eigenvalue weighted by Crippen LogP contribution is -2.37. The van der Waals surface area contributed by atoms with Crippen molar-refractivity contribution in [3.63, 3.8) is 0 Å². The summed E-state index contributed by atoms with van der Waals surface area (Å²) in [5.74, 6) is 0.165. The van der Waals surface area contributed by atoms with E-state index in [1.165, 1.54) is 0 Å². The van der Waals surface area contributed by atoms with Gasteiger partial charge in [0.2, 0.25) is 5.91 Å². The van der Waals surface area contributed by atoms with E-state index in [1.54, 1.807) is 0 Å². The van der Waals surface area contributed by atoms with Crippen LogP contribution in [0, 0.1) is 6.92 Å². The number of aryl methyl sites for hydroxylation is 2. The molecule has 0 saturated heterocycles. The van der Waals surface area contributed by atoms with Crippen molar-refractivity contribution in [2.75, 3.05) is 11.1 Å². The van der Waals surface area contributed by atoms with Gasteiger partial charge in [-0.2, -0.15) is 12.6 Å². The van der Waals surface area contributed by atoms with Gasteiger partial charge in [0.05, 0.1) is 6.04 Å². The summed E-state index contributed by atoms with van der Waals surface area (Å²) >= 11 is 4.01. The third-order valence-corrected chi connectivity index (χ3v) is 2.92. The monoisotopic (exact) mass is 238 g/mol. The SMILES string of the molecule is CCc1cccc(C)c1NC(=O)C(N)CS. The van der Waals surface area contributed by atoms with E-state index >= 15 is 0 Å². The minimum atomic E-state index is -0.562. The Labute approximate surface area is 102 Å². The Morgan fingerprint density at radius 3 is 2.81 bits per heavy atom. The molecule has 1 atom stereocenters. The molecule has 1 aromatic rings. The molecule has 4 heteroatoms. The van der Waals surface area contributed by atoms with Gasteiger partial charge in [-0.1, -0.05) is 25.1 Å². The highest BCUT2D eigenvalue weighted by Crippen LogP contribution is 2.21. The Bertz CT molecular complexity index is 379. The topological polar surface area (TPSA) is 55.1 Å². The highest BCUT2D eigenvalue weighted by atomic mass is 32.1. The number of amides is 1. The molecular weight excluding hydrogens is 220 g/mol. The van der Waals surface area contributed by atoms with Crippen molar-refractivity contribution >= 4 is 24.2 Å². The van der Waals surface area contributed by atoms with Crippen LogP contribution in [0.5, 0.6) is 0 Å². The average molecular weight is 238 g/mol. The second-order valence-corrected chi connectivity index (χ2v) is 4.11. The molecule has 1 amide bonds. The Morgan fingerprint density at radius 1 is 1.56 bits per heavy atom. The van der Waals surface area contributed by atoms with Gasteiger partial charge >= 0.3 is 0 Å². The minimum Gasteiger partial charge on any atom is -0.324 e. The van der Waals surface area contributed by atoms with E-state index in [0.717, 1.165) is 23.2 Å². The number of carbonyl (C=O) groups is 1. The first-order valence-electron chi connectivity index (χ1n) is 5.36. The lowest BCUT2D eigenvalue weighted by atomic mass is 10.1. The highest BCUT2D eigenvalue weighted by Gasteiger charge is 2.14. The summed E-state index contributed by atoms with van der Waals surface area (Å²) < 4.78 is 0. The molecule has 0 bridgehead atoms. The Morgan fingerprint density at radius 2 is 2.25 bits per heavy atom. The molecule has 0 heterocycles. The summed E-state index contributed by atoms with van der Waals surface area (Å²) in [6.45, 7) is 4.03. The number of para-hydroxylation sites is 1. The summed E-state index contributed by atoms with van der Waals surface area (Å²) in [7, 11) is 0. The molecule has 1 rings (SSSR count). The Kier molecular flexibility index (Phi) is 4.83. The van der Waals surface area contributed by atoms with Crippen LogP contribution in [0.15, 0.2) is 18.2 Å². The molecule has 88 valence electrons. The zero-order chi connectivity index (χ0) is 12.1. The van der Waals surface area contributed by atoms with Crippen molar-refractivity contribution in [2.24, 2.45) is 5.73 Å². The molecule has 0 spiro atoms. The van der Waals surface area contributed by atoms with Gasteiger partial charge in [-0.15, -0.1) is 0 Å². The van der Waals surface area contributed by atoms with E-state index in [1.807, 2.05) is 25.1 Å². The molecule has 0 aromatic heterocycles. The van der Waals surface area contributed by atoms with Crippen LogP contribution in [-0.2, 0) is 11.2 Å². The summed E-state index contributed by atoms with van der Waals surface area (Å²) in [6.07, 6.45) is 0.882. The molecule has 16 heavy (non-hydrogen) atoms. The molecule has 3 N–H and O–H groups in total. The van der Waals surface area contributed by atoms with Crippen LogP contribution in [0.2, 0.25) is 0 Å². The molecule has 0 saturated carbocycles. The number of carbonyl (C=O) groups excluding carboxylic acids is 1. The largest absolute Gasteiger partial charge is 0.324 e. The normalized spacial score (nSPS) is 12.2. The predicted molar refractivity (Wildman–Crippen MR) is 71.0 cm³/mol. The fourth-order valence-corrected chi connectivity index (χ4v) is 1.67. The molecular formula is C12H18N2OS.